The fraction of sp³-hybridized carbons (Fsp3) is 0.208. The van der Waals surface area contributed by atoms with E-state index < -0.39 is 0 Å². The van der Waals surface area contributed by atoms with Crippen LogP contribution in [0.4, 0.5) is 0 Å². The van der Waals surface area contributed by atoms with Crippen molar-refractivity contribution in [3.63, 3.8) is 0 Å². The second-order valence-electron chi connectivity index (χ2n) is 6.12. The zero-order valence-corrected chi connectivity index (χ0v) is 16.6. The Labute approximate surface area is 166 Å². The highest BCUT2D eigenvalue weighted by molar-refractivity contribution is 5.89. The summed E-state index contributed by atoms with van der Waals surface area (Å²) in [6, 6.07) is 15.1. The van der Waals surface area contributed by atoms with Crippen LogP contribution >= 0.6 is 0 Å². The SMILES string of the molecule is C=C(CC)C(=O)Oc1ccc(C=CC=Cc2ccc(OC(C)OC)cc2)cc1. The van der Waals surface area contributed by atoms with Gasteiger partial charge in [0.15, 0.2) is 6.29 Å². The van der Waals surface area contributed by atoms with Crippen molar-refractivity contribution in [3.05, 3.63) is 84.0 Å². The van der Waals surface area contributed by atoms with E-state index in [0.717, 1.165) is 16.9 Å². The second-order valence-corrected chi connectivity index (χ2v) is 6.12. The van der Waals surface area contributed by atoms with Crippen molar-refractivity contribution < 1.29 is 19.0 Å². The Morgan fingerprint density at radius 2 is 1.46 bits per heavy atom. The molecular formula is C24H26O4. The first kappa shape index (κ1) is 21.2. The third-order valence-electron chi connectivity index (χ3n) is 4.01. The average molecular weight is 378 g/mol. The Kier molecular flexibility index (Phi) is 8.25. The molecule has 0 heterocycles. The molecule has 0 radical (unpaired) electrons. The van der Waals surface area contributed by atoms with Crippen molar-refractivity contribution in [2.75, 3.05) is 7.11 Å². The molecule has 0 N–H and O–H groups in total. The number of allylic oxidation sites excluding steroid dienone is 2. The van der Waals surface area contributed by atoms with Gasteiger partial charge in [-0.3, -0.25) is 0 Å². The van der Waals surface area contributed by atoms with Crippen molar-refractivity contribution in [3.8, 4) is 11.5 Å². The van der Waals surface area contributed by atoms with Gasteiger partial charge in [-0.05, 0) is 48.7 Å². The number of hydrogen-bond acceptors (Lipinski definition) is 4. The highest BCUT2D eigenvalue weighted by atomic mass is 16.7. The second kappa shape index (κ2) is 10.9. The molecule has 0 amide bonds. The quantitative estimate of drug-likeness (QED) is 0.186. The van der Waals surface area contributed by atoms with Crippen LogP contribution in [0, 0.1) is 0 Å². The molecule has 0 bridgehead atoms. The molecule has 0 aliphatic rings. The Hall–Kier alpha value is -3.11. The van der Waals surface area contributed by atoms with Gasteiger partial charge < -0.3 is 14.2 Å². The highest BCUT2D eigenvalue weighted by Crippen LogP contribution is 2.16. The van der Waals surface area contributed by atoms with E-state index in [1.807, 2.05) is 74.5 Å². The molecule has 146 valence electrons. The van der Waals surface area contributed by atoms with Crippen LogP contribution in [0.3, 0.4) is 0 Å². The Bertz CT molecular complexity index is 830. The normalized spacial score (nSPS) is 12.2. The zero-order valence-electron chi connectivity index (χ0n) is 16.6. The van der Waals surface area contributed by atoms with Crippen LogP contribution in [-0.2, 0) is 9.53 Å². The predicted octanol–water partition coefficient (Wildman–Crippen LogP) is 5.66. The molecule has 2 aromatic carbocycles. The molecule has 1 atom stereocenters. The van der Waals surface area contributed by atoms with E-state index in [1.54, 1.807) is 19.2 Å². The molecule has 0 aliphatic heterocycles. The van der Waals surface area contributed by atoms with Crippen molar-refractivity contribution in [2.45, 2.75) is 26.6 Å². The number of benzene rings is 2. The van der Waals surface area contributed by atoms with E-state index in [4.69, 9.17) is 14.2 Å². The molecule has 2 rings (SSSR count). The van der Waals surface area contributed by atoms with Crippen molar-refractivity contribution in [2.24, 2.45) is 0 Å². The molecular weight excluding hydrogens is 352 g/mol. The van der Waals surface area contributed by atoms with E-state index in [9.17, 15) is 4.79 Å². The van der Waals surface area contributed by atoms with Crippen LogP contribution < -0.4 is 9.47 Å². The lowest BCUT2D eigenvalue weighted by Crippen LogP contribution is -2.13. The minimum Gasteiger partial charge on any atom is -0.465 e. The summed E-state index contributed by atoms with van der Waals surface area (Å²) in [6.07, 6.45) is 8.21. The van der Waals surface area contributed by atoms with Crippen LogP contribution in [0.5, 0.6) is 11.5 Å². The van der Waals surface area contributed by atoms with Gasteiger partial charge in [0.25, 0.3) is 0 Å². The van der Waals surface area contributed by atoms with Gasteiger partial charge in [-0.2, -0.15) is 0 Å². The first-order valence-corrected chi connectivity index (χ1v) is 9.16. The van der Waals surface area contributed by atoms with Gasteiger partial charge in [0.2, 0.25) is 0 Å². The first-order valence-electron chi connectivity index (χ1n) is 9.16. The summed E-state index contributed by atoms with van der Waals surface area (Å²) in [5.41, 5.74) is 2.54. The summed E-state index contributed by atoms with van der Waals surface area (Å²) in [6.45, 7) is 7.39. The van der Waals surface area contributed by atoms with Crippen LogP contribution in [0.2, 0.25) is 0 Å². The molecule has 28 heavy (non-hydrogen) atoms. The van der Waals surface area contributed by atoms with Gasteiger partial charge in [-0.15, -0.1) is 0 Å². The molecule has 0 spiro atoms. The third-order valence-corrected chi connectivity index (χ3v) is 4.01. The van der Waals surface area contributed by atoms with Gasteiger partial charge >= 0.3 is 5.97 Å². The Morgan fingerprint density at radius 3 is 1.93 bits per heavy atom. The molecule has 0 aliphatic carbocycles. The number of carbonyl (C=O) groups excluding carboxylic acids is 1. The first-order chi connectivity index (χ1) is 13.5. The fourth-order valence-corrected chi connectivity index (χ4v) is 2.20. The predicted molar refractivity (Wildman–Crippen MR) is 113 cm³/mol. The molecule has 2 aromatic rings. The van der Waals surface area contributed by atoms with E-state index in [2.05, 4.69) is 6.58 Å². The fourth-order valence-electron chi connectivity index (χ4n) is 2.20. The lowest BCUT2D eigenvalue weighted by atomic mass is 10.1. The molecule has 0 saturated heterocycles. The lowest BCUT2D eigenvalue weighted by molar-refractivity contribution is -0.130. The molecule has 4 heteroatoms. The van der Waals surface area contributed by atoms with E-state index in [1.165, 1.54) is 0 Å². The minimum absolute atomic E-state index is 0.273. The summed E-state index contributed by atoms with van der Waals surface area (Å²) < 4.78 is 15.9. The summed E-state index contributed by atoms with van der Waals surface area (Å²) in [5, 5.41) is 0. The van der Waals surface area contributed by atoms with E-state index in [0.29, 0.717) is 17.7 Å². The van der Waals surface area contributed by atoms with Crippen molar-refractivity contribution >= 4 is 18.1 Å². The summed E-state index contributed by atoms with van der Waals surface area (Å²) in [4.78, 5) is 11.7. The lowest BCUT2D eigenvalue weighted by Gasteiger charge is -2.12. The van der Waals surface area contributed by atoms with E-state index in [-0.39, 0.29) is 12.3 Å². The smallest absolute Gasteiger partial charge is 0.338 e. The van der Waals surface area contributed by atoms with Crippen molar-refractivity contribution in [1.82, 2.24) is 0 Å². The molecule has 0 saturated carbocycles. The molecule has 1 unspecified atom stereocenters. The molecule has 0 aromatic heterocycles. The maximum absolute atomic E-state index is 11.7. The largest absolute Gasteiger partial charge is 0.465 e. The number of ether oxygens (including phenoxy) is 3. The third kappa shape index (κ3) is 6.89. The topological polar surface area (TPSA) is 44.8 Å². The molecule has 4 nitrogen and oxygen atoms in total. The summed E-state index contributed by atoms with van der Waals surface area (Å²) in [7, 11) is 1.61. The summed E-state index contributed by atoms with van der Waals surface area (Å²) in [5.74, 6) is 0.893. The summed E-state index contributed by atoms with van der Waals surface area (Å²) >= 11 is 0. The standard InChI is InChI=1S/C24H26O4/c1-5-18(2)24(25)28-23-16-12-21(13-17-23)9-7-6-8-20-10-14-22(15-11-20)27-19(3)26-4/h6-17,19H,2,5H2,1,3-4H3. The van der Waals surface area contributed by atoms with Crippen LogP contribution in [0.15, 0.2) is 72.8 Å². The number of rotatable bonds is 9. The maximum atomic E-state index is 11.7. The van der Waals surface area contributed by atoms with Crippen LogP contribution in [0.1, 0.15) is 31.4 Å². The monoisotopic (exact) mass is 378 g/mol. The number of methoxy groups -OCH3 is 1. The van der Waals surface area contributed by atoms with Crippen LogP contribution in [-0.4, -0.2) is 19.4 Å². The Balaban J connectivity index is 1.88. The number of hydrogen-bond donors (Lipinski definition) is 0. The van der Waals surface area contributed by atoms with Gasteiger partial charge in [-0.1, -0.05) is 62.1 Å². The number of esters is 1. The van der Waals surface area contributed by atoms with Gasteiger partial charge in [0.05, 0.1) is 0 Å². The zero-order chi connectivity index (χ0) is 20.4. The van der Waals surface area contributed by atoms with Gasteiger partial charge in [0.1, 0.15) is 11.5 Å². The average Bonchev–Trinajstić information content (AvgIpc) is 2.72. The minimum atomic E-state index is -0.387. The van der Waals surface area contributed by atoms with Crippen molar-refractivity contribution in [1.29, 1.82) is 0 Å². The number of carbonyl (C=O) groups is 1. The van der Waals surface area contributed by atoms with E-state index >= 15 is 0 Å². The van der Waals surface area contributed by atoms with Crippen LogP contribution in [0.25, 0.3) is 12.2 Å². The Morgan fingerprint density at radius 1 is 0.964 bits per heavy atom. The van der Waals surface area contributed by atoms with Gasteiger partial charge in [0, 0.05) is 12.7 Å². The highest BCUT2D eigenvalue weighted by Gasteiger charge is 2.07. The molecule has 0 fully saturated rings. The maximum Gasteiger partial charge on any atom is 0.338 e. The van der Waals surface area contributed by atoms with Gasteiger partial charge in [-0.25, -0.2) is 4.79 Å².